The molecule has 0 aliphatic carbocycles. The summed E-state index contributed by atoms with van der Waals surface area (Å²) in [6, 6.07) is 14.7. The first kappa shape index (κ1) is 21.0. The second-order valence-electron chi connectivity index (χ2n) is 6.98. The van der Waals surface area contributed by atoms with Crippen molar-refractivity contribution in [1.29, 1.82) is 0 Å². The number of nitrogens with one attached hydrogen (secondary N) is 1. The molecule has 0 unspecified atom stereocenters. The molecule has 7 heteroatoms. The molecule has 3 rings (SSSR count). The van der Waals surface area contributed by atoms with Crippen LogP contribution in [0.1, 0.15) is 36.8 Å². The molecule has 0 saturated carbocycles. The van der Waals surface area contributed by atoms with Crippen LogP contribution < -0.4 is 5.32 Å². The predicted molar refractivity (Wildman–Crippen MR) is 113 cm³/mol. The van der Waals surface area contributed by atoms with Gasteiger partial charge in [-0.15, -0.1) is 0 Å². The standard InChI is InChI=1S/C21H25BrN2O3S/c22-20-7-3-2-6-18(20)10-13-21(25)23-16-17-8-11-19(12-9-17)28(26,27)24-14-4-1-5-15-24/h2-3,6-9,11-12H,1,4-5,10,13-16H2,(H,23,25). The molecule has 0 aromatic heterocycles. The number of halogens is 1. The third-order valence-electron chi connectivity index (χ3n) is 4.95. The fraction of sp³-hybridized carbons (Fsp3) is 0.381. The Morgan fingerprint density at radius 1 is 1.00 bits per heavy atom. The predicted octanol–water partition coefficient (Wildman–Crippen LogP) is 3.87. The summed E-state index contributed by atoms with van der Waals surface area (Å²) in [4.78, 5) is 12.4. The summed E-state index contributed by atoms with van der Waals surface area (Å²) in [6.07, 6.45) is 4.00. The quantitative estimate of drug-likeness (QED) is 0.675. The van der Waals surface area contributed by atoms with E-state index in [1.165, 1.54) is 0 Å². The maximum absolute atomic E-state index is 12.7. The van der Waals surface area contributed by atoms with Gasteiger partial charge in [0, 0.05) is 30.5 Å². The van der Waals surface area contributed by atoms with Gasteiger partial charge in [-0.2, -0.15) is 4.31 Å². The van der Waals surface area contributed by atoms with Gasteiger partial charge < -0.3 is 5.32 Å². The molecule has 0 bridgehead atoms. The lowest BCUT2D eigenvalue weighted by atomic mass is 10.1. The molecule has 1 saturated heterocycles. The number of hydrogen-bond acceptors (Lipinski definition) is 3. The van der Waals surface area contributed by atoms with E-state index in [0.29, 0.717) is 37.4 Å². The van der Waals surface area contributed by atoms with Gasteiger partial charge in [0.15, 0.2) is 0 Å². The number of sulfonamides is 1. The zero-order chi connectivity index (χ0) is 20.0. The Labute approximate surface area is 175 Å². The first-order chi connectivity index (χ1) is 13.5. The van der Waals surface area contributed by atoms with Crippen LogP contribution in [0.4, 0.5) is 0 Å². The van der Waals surface area contributed by atoms with Crippen LogP contribution in [0.5, 0.6) is 0 Å². The second kappa shape index (κ2) is 9.67. The molecule has 0 spiro atoms. The molecule has 28 heavy (non-hydrogen) atoms. The summed E-state index contributed by atoms with van der Waals surface area (Å²) in [5.41, 5.74) is 1.98. The zero-order valence-electron chi connectivity index (χ0n) is 15.7. The Kier molecular flexibility index (Phi) is 7.26. The normalized spacial score (nSPS) is 15.3. The van der Waals surface area contributed by atoms with Crippen LogP contribution >= 0.6 is 15.9 Å². The minimum absolute atomic E-state index is 0.0271. The molecular formula is C21H25BrN2O3S. The average Bonchev–Trinajstić information content (AvgIpc) is 2.72. The molecule has 2 aromatic rings. The number of aryl methyl sites for hydroxylation is 1. The summed E-state index contributed by atoms with van der Waals surface area (Å²) in [5, 5.41) is 2.90. The van der Waals surface area contributed by atoms with Crippen LogP contribution in [0.25, 0.3) is 0 Å². The average molecular weight is 465 g/mol. The third-order valence-corrected chi connectivity index (χ3v) is 7.63. The maximum Gasteiger partial charge on any atom is 0.243 e. The summed E-state index contributed by atoms with van der Waals surface area (Å²) in [6.45, 7) is 1.58. The van der Waals surface area contributed by atoms with E-state index in [4.69, 9.17) is 0 Å². The molecule has 1 aliphatic heterocycles. The summed E-state index contributed by atoms with van der Waals surface area (Å²) in [7, 11) is -3.41. The molecule has 1 N–H and O–H groups in total. The van der Waals surface area contributed by atoms with Gasteiger partial charge in [-0.1, -0.05) is 52.7 Å². The Bertz CT molecular complexity index is 908. The van der Waals surface area contributed by atoms with Gasteiger partial charge in [-0.05, 0) is 48.6 Å². The molecule has 1 amide bonds. The van der Waals surface area contributed by atoms with E-state index in [-0.39, 0.29) is 5.91 Å². The van der Waals surface area contributed by atoms with E-state index in [1.54, 1.807) is 28.6 Å². The fourth-order valence-corrected chi connectivity index (χ4v) is 5.27. The minimum Gasteiger partial charge on any atom is -0.352 e. The highest BCUT2D eigenvalue weighted by Gasteiger charge is 2.25. The molecule has 5 nitrogen and oxygen atoms in total. The number of carbonyl (C=O) groups is 1. The van der Waals surface area contributed by atoms with Crippen LogP contribution in [-0.2, 0) is 27.8 Å². The fourth-order valence-electron chi connectivity index (χ4n) is 3.27. The van der Waals surface area contributed by atoms with Crippen LogP contribution in [-0.4, -0.2) is 31.7 Å². The highest BCUT2D eigenvalue weighted by molar-refractivity contribution is 9.10. The lowest BCUT2D eigenvalue weighted by Gasteiger charge is -2.25. The summed E-state index contributed by atoms with van der Waals surface area (Å²) >= 11 is 3.49. The Morgan fingerprint density at radius 3 is 2.36 bits per heavy atom. The number of rotatable bonds is 7. The van der Waals surface area contributed by atoms with Crippen molar-refractivity contribution in [1.82, 2.24) is 9.62 Å². The zero-order valence-corrected chi connectivity index (χ0v) is 18.1. The number of benzene rings is 2. The molecule has 1 aliphatic rings. The molecule has 0 radical (unpaired) electrons. The van der Waals surface area contributed by atoms with Gasteiger partial charge in [0.05, 0.1) is 4.90 Å². The molecule has 0 atom stereocenters. The van der Waals surface area contributed by atoms with Crippen LogP contribution in [0, 0.1) is 0 Å². The highest BCUT2D eigenvalue weighted by atomic mass is 79.9. The number of nitrogens with zero attached hydrogens (tertiary/aromatic N) is 1. The Hall–Kier alpha value is -1.70. The Morgan fingerprint density at radius 2 is 1.68 bits per heavy atom. The summed E-state index contributed by atoms with van der Waals surface area (Å²) in [5.74, 6) is -0.0271. The van der Waals surface area contributed by atoms with Crippen molar-refractivity contribution in [3.8, 4) is 0 Å². The van der Waals surface area contributed by atoms with E-state index >= 15 is 0 Å². The van der Waals surface area contributed by atoms with Crippen molar-refractivity contribution in [3.05, 3.63) is 64.1 Å². The first-order valence-corrected chi connectivity index (χ1v) is 11.8. The number of piperidine rings is 1. The van der Waals surface area contributed by atoms with E-state index in [2.05, 4.69) is 21.2 Å². The van der Waals surface area contributed by atoms with Gasteiger partial charge in [0.1, 0.15) is 0 Å². The lowest BCUT2D eigenvalue weighted by Crippen LogP contribution is -2.35. The Balaban J connectivity index is 1.51. The molecule has 1 fully saturated rings. The van der Waals surface area contributed by atoms with Crippen LogP contribution in [0.2, 0.25) is 0 Å². The van der Waals surface area contributed by atoms with Crippen molar-refractivity contribution in [2.24, 2.45) is 0 Å². The number of amides is 1. The molecule has 150 valence electrons. The van der Waals surface area contributed by atoms with Crippen molar-refractivity contribution < 1.29 is 13.2 Å². The maximum atomic E-state index is 12.7. The van der Waals surface area contributed by atoms with Crippen LogP contribution in [0.3, 0.4) is 0 Å². The van der Waals surface area contributed by atoms with Gasteiger partial charge in [0.2, 0.25) is 15.9 Å². The van der Waals surface area contributed by atoms with Crippen LogP contribution in [0.15, 0.2) is 57.9 Å². The topological polar surface area (TPSA) is 66.5 Å². The van der Waals surface area contributed by atoms with E-state index in [0.717, 1.165) is 34.9 Å². The largest absolute Gasteiger partial charge is 0.352 e. The number of hydrogen-bond donors (Lipinski definition) is 1. The van der Waals surface area contributed by atoms with E-state index in [1.807, 2.05) is 24.3 Å². The van der Waals surface area contributed by atoms with Gasteiger partial charge in [0.25, 0.3) is 0 Å². The highest BCUT2D eigenvalue weighted by Crippen LogP contribution is 2.21. The molecule has 1 heterocycles. The SMILES string of the molecule is O=C(CCc1ccccc1Br)NCc1ccc(S(=O)(=O)N2CCCCC2)cc1. The number of carbonyl (C=O) groups excluding carboxylic acids is 1. The van der Waals surface area contributed by atoms with Crippen molar-refractivity contribution in [2.75, 3.05) is 13.1 Å². The van der Waals surface area contributed by atoms with E-state index in [9.17, 15) is 13.2 Å². The second-order valence-corrected chi connectivity index (χ2v) is 9.77. The van der Waals surface area contributed by atoms with Crippen molar-refractivity contribution in [2.45, 2.75) is 43.5 Å². The van der Waals surface area contributed by atoms with Gasteiger partial charge in [-0.25, -0.2) is 8.42 Å². The summed E-state index contributed by atoms with van der Waals surface area (Å²) < 4.78 is 27.9. The third kappa shape index (κ3) is 5.43. The minimum atomic E-state index is -3.41. The first-order valence-electron chi connectivity index (χ1n) is 9.56. The van der Waals surface area contributed by atoms with Gasteiger partial charge in [-0.3, -0.25) is 4.79 Å². The molecule has 2 aromatic carbocycles. The smallest absolute Gasteiger partial charge is 0.243 e. The molecular weight excluding hydrogens is 440 g/mol. The van der Waals surface area contributed by atoms with Gasteiger partial charge >= 0.3 is 0 Å². The van der Waals surface area contributed by atoms with Crippen molar-refractivity contribution >= 4 is 31.9 Å². The van der Waals surface area contributed by atoms with E-state index < -0.39 is 10.0 Å². The monoisotopic (exact) mass is 464 g/mol. The van der Waals surface area contributed by atoms with Crippen molar-refractivity contribution in [3.63, 3.8) is 0 Å². The lowest BCUT2D eigenvalue weighted by molar-refractivity contribution is -0.121.